The Hall–Kier alpha value is -3.59. The summed E-state index contributed by atoms with van der Waals surface area (Å²) in [5, 5.41) is 14.9. The molecule has 0 saturated heterocycles. The lowest BCUT2D eigenvalue weighted by molar-refractivity contribution is -0.112. The summed E-state index contributed by atoms with van der Waals surface area (Å²) >= 11 is 0. The van der Waals surface area contributed by atoms with Gasteiger partial charge in [-0.3, -0.25) is 4.79 Å². The maximum Gasteiger partial charge on any atom is 0.337 e. The normalized spacial score (nSPS) is 10.6. The number of nitriles is 1. The first-order chi connectivity index (χ1) is 12.5. The summed E-state index contributed by atoms with van der Waals surface area (Å²) in [7, 11) is 1.30. The van der Waals surface area contributed by atoms with Crippen LogP contribution in [0.15, 0.2) is 54.2 Å². The van der Waals surface area contributed by atoms with E-state index in [2.05, 4.69) is 15.4 Å². The first kappa shape index (κ1) is 18.7. The van der Waals surface area contributed by atoms with E-state index >= 15 is 0 Å². The molecule has 0 bridgehead atoms. The average Bonchev–Trinajstić information content (AvgIpc) is 2.65. The quantitative estimate of drug-likeness (QED) is 0.489. The molecule has 0 atom stereocenters. The highest BCUT2D eigenvalue weighted by molar-refractivity contribution is 6.07. The van der Waals surface area contributed by atoms with Gasteiger partial charge in [-0.25, -0.2) is 4.79 Å². The highest BCUT2D eigenvalue weighted by Crippen LogP contribution is 2.19. The third kappa shape index (κ3) is 4.48. The van der Waals surface area contributed by atoms with Crippen molar-refractivity contribution in [2.75, 3.05) is 17.7 Å². The van der Waals surface area contributed by atoms with Crippen LogP contribution in [0.5, 0.6) is 0 Å². The molecule has 6 heteroatoms. The van der Waals surface area contributed by atoms with E-state index in [1.165, 1.54) is 13.3 Å². The zero-order chi connectivity index (χ0) is 19.1. The molecule has 0 heterocycles. The number of carbonyl (C=O) groups excluding carboxylic acids is 2. The Morgan fingerprint density at radius 2 is 1.88 bits per heavy atom. The van der Waals surface area contributed by atoms with E-state index in [4.69, 9.17) is 0 Å². The van der Waals surface area contributed by atoms with Crippen LogP contribution in [0, 0.1) is 25.2 Å². The van der Waals surface area contributed by atoms with E-state index in [1.54, 1.807) is 30.3 Å². The van der Waals surface area contributed by atoms with Crippen LogP contribution in [-0.2, 0) is 9.53 Å². The molecule has 0 saturated carbocycles. The van der Waals surface area contributed by atoms with Crippen molar-refractivity contribution in [3.05, 3.63) is 70.9 Å². The summed E-state index contributed by atoms with van der Waals surface area (Å²) in [5.74, 6) is -0.983. The summed E-state index contributed by atoms with van der Waals surface area (Å²) in [5.41, 5.74) is 3.47. The van der Waals surface area contributed by atoms with Gasteiger partial charge in [-0.15, -0.1) is 0 Å². The molecule has 2 aromatic rings. The van der Waals surface area contributed by atoms with E-state index in [-0.39, 0.29) is 5.57 Å². The lowest BCUT2D eigenvalue weighted by atomic mass is 10.1. The molecule has 0 unspecified atom stereocenters. The number of amides is 1. The summed E-state index contributed by atoms with van der Waals surface area (Å²) in [6.45, 7) is 3.85. The van der Waals surface area contributed by atoms with Crippen LogP contribution in [-0.4, -0.2) is 19.0 Å². The van der Waals surface area contributed by atoms with Crippen LogP contribution >= 0.6 is 0 Å². The third-order valence-electron chi connectivity index (χ3n) is 3.88. The molecule has 0 fully saturated rings. The van der Waals surface area contributed by atoms with Crippen molar-refractivity contribution in [2.24, 2.45) is 0 Å². The molecular weight excluding hydrogens is 330 g/mol. The van der Waals surface area contributed by atoms with Crippen LogP contribution in [0.2, 0.25) is 0 Å². The smallest absolute Gasteiger partial charge is 0.337 e. The van der Waals surface area contributed by atoms with Gasteiger partial charge < -0.3 is 15.4 Å². The van der Waals surface area contributed by atoms with Gasteiger partial charge in [0.15, 0.2) is 0 Å². The lowest BCUT2D eigenvalue weighted by Crippen LogP contribution is -2.15. The number of hydrogen-bond donors (Lipinski definition) is 2. The molecule has 0 aromatic heterocycles. The second-order valence-electron chi connectivity index (χ2n) is 5.59. The first-order valence-corrected chi connectivity index (χ1v) is 7.89. The molecular formula is C20H19N3O3. The van der Waals surface area contributed by atoms with Gasteiger partial charge >= 0.3 is 5.97 Å². The van der Waals surface area contributed by atoms with Gasteiger partial charge in [0.1, 0.15) is 11.6 Å². The second-order valence-corrected chi connectivity index (χ2v) is 5.59. The highest BCUT2D eigenvalue weighted by Gasteiger charge is 2.11. The molecule has 0 aliphatic carbocycles. The van der Waals surface area contributed by atoms with Crippen LogP contribution in [0.3, 0.4) is 0 Å². The monoisotopic (exact) mass is 349 g/mol. The SMILES string of the molecule is COC(=O)c1cccc(N/C=C(/C#N)C(=O)Nc2cccc(C)c2C)c1. The number of nitrogens with zero attached hydrogens (tertiary/aromatic N) is 1. The summed E-state index contributed by atoms with van der Waals surface area (Å²) in [6, 6.07) is 14.0. The molecule has 0 radical (unpaired) electrons. The molecule has 2 N–H and O–H groups in total. The number of carbonyl (C=O) groups is 2. The van der Waals surface area contributed by atoms with Crippen molar-refractivity contribution in [3.63, 3.8) is 0 Å². The van der Waals surface area contributed by atoms with Gasteiger partial charge in [0.2, 0.25) is 0 Å². The van der Waals surface area contributed by atoms with Crippen molar-refractivity contribution >= 4 is 23.3 Å². The van der Waals surface area contributed by atoms with E-state index < -0.39 is 11.9 Å². The minimum absolute atomic E-state index is 0.0885. The maximum absolute atomic E-state index is 12.3. The van der Waals surface area contributed by atoms with E-state index in [0.29, 0.717) is 16.9 Å². The predicted octanol–water partition coefficient (Wildman–Crippen LogP) is 3.55. The van der Waals surface area contributed by atoms with Crippen LogP contribution in [0.4, 0.5) is 11.4 Å². The van der Waals surface area contributed by atoms with Crippen LogP contribution < -0.4 is 10.6 Å². The van der Waals surface area contributed by atoms with Crippen molar-refractivity contribution in [3.8, 4) is 6.07 Å². The molecule has 0 spiro atoms. The van der Waals surface area contributed by atoms with Crippen molar-refractivity contribution in [2.45, 2.75) is 13.8 Å². The number of methoxy groups -OCH3 is 1. The fourth-order valence-corrected chi connectivity index (χ4v) is 2.23. The number of esters is 1. The van der Waals surface area contributed by atoms with E-state index in [0.717, 1.165) is 11.1 Å². The number of ether oxygens (including phenoxy) is 1. The Labute approximate surface area is 152 Å². The Bertz CT molecular complexity index is 911. The van der Waals surface area contributed by atoms with Crippen LogP contribution in [0.25, 0.3) is 0 Å². The Morgan fingerprint density at radius 1 is 1.15 bits per heavy atom. The lowest BCUT2D eigenvalue weighted by Gasteiger charge is -2.10. The van der Waals surface area contributed by atoms with Gasteiger partial charge in [-0.05, 0) is 49.2 Å². The van der Waals surface area contributed by atoms with Gasteiger partial charge in [0.05, 0.1) is 12.7 Å². The molecule has 0 aliphatic rings. The fraction of sp³-hybridized carbons (Fsp3) is 0.150. The number of aryl methyl sites for hydroxylation is 1. The van der Waals surface area contributed by atoms with Crippen molar-refractivity contribution in [1.29, 1.82) is 5.26 Å². The topological polar surface area (TPSA) is 91.2 Å². The Balaban J connectivity index is 2.15. The number of benzene rings is 2. The standard InChI is InChI=1S/C20H19N3O3/c1-13-6-4-9-18(14(13)2)23-19(24)16(11-21)12-22-17-8-5-7-15(10-17)20(25)26-3/h4-10,12,22H,1-3H3,(H,23,24)/b16-12-. The van der Waals surface area contributed by atoms with Crippen molar-refractivity contribution < 1.29 is 14.3 Å². The Kier molecular flexibility index (Phi) is 6.12. The van der Waals surface area contributed by atoms with Gasteiger partial charge in [-0.2, -0.15) is 5.26 Å². The van der Waals surface area contributed by atoms with Gasteiger partial charge in [-0.1, -0.05) is 18.2 Å². The molecule has 6 nitrogen and oxygen atoms in total. The van der Waals surface area contributed by atoms with E-state index in [1.807, 2.05) is 32.0 Å². The van der Waals surface area contributed by atoms with Gasteiger partial charge in [0.25, 0.3) is 5.91 Å². The third-order valence-corrected chi connectivity index (χ3v) is 3.88. The highest BCUT2D eigenvalue weighted by atomic mass is 16.5. The van der Waals surface area contributed by atoms with Crippen LogP contribution in [0.1, 0.15) is 21.5 Å². The fourth-order valence-electron chi connectivity index (χ4n) is 2.23. The van der Waals surface area contributed by atoms with Crippen molar-refractivity contribution in [1.82, 2.24) is 0 Å². The molecule has 2 rings (SSSR count). The summed E-state index contributed by atoms with van der Waals surface area (Å²) in [4.78, 5) is 23.9. The maximum atomic E-state index is 12.3. The average molecular weight is 349 g/mol. The second kappa shape index (κ2) is 8.49. The Morgan fingerprint density at radius 3 is 2.58 bits per heavy atom. The largest absolute Gasteiger partial charge is 0.465 e. The predicted molar refractivity (Wildman–Crippen MR) is 99.6 cm³/mol. The molecule has 26 heavy (non-hydrogen) atoms. The number of nitrogens with one attached hydrogen (secondary N) is 2. The number of anilines is 2. The van der Waals surface area contributed by atoms with Gasteiger partial charge in [0, 0.05) is 17.6 Å². The zero-order valence-electron chi connectivity index (χ0n) is 14.8. The molecule has 2 aromatic carbocycles. The molecule has 1 amide bonds. The molecule has 0 aliphatic heterocycles. The zero-order valence-corrected chi connectivity index (χ0v) is 14.8. The van der Waals surface area contributed by atoms with E-state index in [9.17, 15) is 14.9 Å². The minimum Gasteiger partial charge on any atom is -0.465 e. The first-order valence-electron chi connectivity index (χ1n) is 7.89. The number of hydrogen-bond acceptors (Lipinski definition) is 5. The summed E-state index contributed by atoms with van der Waals surface area (Å²) < 4.78 is 4.66. The minimum atomic E-state index is -0.516. The molecule has 132 valence electrons. The summed E-state index contributed by atoms with van der Waals surface area (Å²) in [6.07, 6.45) is 1.30. The number of rotatable bonds is 5.